The molecule has 2 nitrogen and oxygen atoms in total. The van der Waals surface area contributed by atoms with Gasteiger partial charge in [0.05, 0.1) is 16.1 Å². The van der Waals surface area contributed by atoms with Crippen LogP contribution in [-0.4, -0.2) is 11.9 Å². The number of halogens is 3. The Hall–Kier alpha value is -0.960. The normalized spacial score (nSPS) is 25.6. The topological polar surface area (TPSA) is 29.1 Å². The number of hydrogen-bond donors (Lipinski definition) is 1. The summed E-state index contributed by atoms with van der Waals surface area (Å²) < 4.78 is 0. The van der Waals surface area contributed by atoms with Gasteiger partial charge in [-0.3, -0.25) is 4.79 Å². The van der Waals surface area contributed by atoms with Crippen molar-refractivity contribution in [2.45, 2.75) is 12.0 Å². The van der Waals surface area contributed by atoms with E-state index in [4.69, 9.17) is 34.8 Å². The van der Waals surface area contributed by atoms with Crippen LogP contribution in [0.15, 0.2) is 40.4 Å². The molecule has 1 amide bonds. The number of fused-ring (bicyclic) bond motifs is 3. The van der Waals surface area contributed by atoms with E-state index in [1.807, 2.05) is 12.1 Å². The van der Waals surface area contributed by atoms with E-state index in [0.29, 0.717) is 20.7 Å². The van der Waals surface area contributed by atoms with Crippen molar-refractivity contribution in [1.29, 1.82) is 0 Å². The van der Waals surface area contributed by atoms with Crippen molar-refractivity contribution in [3.63, 3.8) is 0 Å². The predicted octanol–water partition coefficient (Wildman–Crippen LogP) is 3.79. The Morgan fingerprint density at radius 2 is 1.78 bits per heavy atom. The summed E-state index contributed by atoms with van der Waals surface area (Å²) in [4.78, 5) is 12.0. The van der Waals surface area contributed by atoms with Gasteiger partial charge in [-0.15, -0.1) is 0 Å². The molecular weight excluding hydrogens is 293 g/mol. The molecule has 1 aliphatic heterocycles. The second kappa shape index (κ2) is 4.30. The molecule has 3 rings (SSSR count). The van der Waals surface area contributed by atoms with Crippen molar-refractivity contribution in [1.82, 2.24) is 5.32 Å². The van der Waals surface area contributed by atoms with Gasteiger partial charge in [0.15, 0.2) is 0 Å². The fourth-order valence-corrected chi connectivity index (χ4v) is 2.91. The first-order chi connectivity index (χ1) is 8.56. The maximum atomic E-state index is 12.0. The largest absolute Gasteiger partial charge is 0.345 e. The molecule has 0 bridgehead atoms. The Bertz CT molecular complexity index is 606. The molecule has 5 heteroatoms. The van der Waals surface area contributed by atoms with Gasteiger partial charge in [-0.05, 0) is 23.8 Å². The zero-order chi connectivity index (χ0) is 12.9. The van der Waals surface area contributed by atoms with Gasteiger partial charge in [-0.25, -0.2) is 0 Å². The maximum absolute atomic E-state index is 12.0. The Balaban J connectivity index is 2.15. The van der Waals surface area contributed by atoms with Crippen LogP contribution in [0.2, 0.25) is 5.02 Å². The Morgan fingerprint density at radius 1 is 1.06 bits per heavy atom. The summed E-state index contributed by atoms with van der Waals surface area (Å²) in [5.41, 5.74) is 1.52. The highest BCUT2D eigenvalue weighted by Crippen LogP contribution is 2.38. The molecule has 2 aliphatic rings. The van der Waals surface area contributed by atoms with Gasteiger partial charge < -0.3 is 5.32 Å². The minimum atomic E-state index is -0.152. The SMILES string of the molecule is O=C1NC2C=C(Cl)C(Cl)=CC2c2ccc(Cl)cc21. The fourth-order valence-electron chi connectivity index (χ4n) is 2.34. The molecule has 1 N–H and O–H groups in total. The Labute approximate surface area is 119 Å². The van der Waals surface area contributed by atoms with Crippen LogP contribution in [-0.2, 0) is 0 Å². The molecule has 0 saturated heterocycles. The highest BCUT2D eigenvalue weighted by atomic mass is 35.5. The van der Waals surface area contributed by atoms with Crippen LogP contribution in [0, 0.1) is 0 Å². The third kappa shape index (κ3) is 1.85. The van der Waals surface area contributed by atoms with Gasteiger partial charge in [-0.1, -0.05) is 46.9 Å². The first kappa shape index (κ1) is 12.1. The van der Waals surface area contributed by atoms with E-state index in [-0.39, 0.29) is 17.9 Å². The molecule has 0 radical (unpaired) electrons. The first-order valence-corrected chi connectivity index (χ1v) is 6.55. The molecule has 1 aromatic rings. The summed E-state index contributed by atoms with van der Waals surface area (Å²) in [5, 5.41) is 4.41. The second-order valence-corrected chi connectivity index (χ2v) is 5.54. The van der Waals surface area contributed by atoms with Crippen molar-refractivity contribution < 1.29 is 4.79 Å². The van der Waals surface area contributed by atoms with Gasteiger partial charge in [0, 0.05) is 16.5 Å². The van der Waals surface area contributed by atoms with Crippen LogP contribution >= 0.6 is 34.8 Å². The number of hydrogen-bond acceptors (Lipinski definition) is 1. The Kier molecular flexibility index (Phi) is 2.89. The van der Waals surface area contributed by atoms with Crippen LogP contribution < -0.4 is 5.32 Å². The summed E-state index contributed by atoms with van der Waals surface area (Å²) in [5.74, 6) is -0.133. The summed E-state index contributed by atoms with van der Waals surface area (Å²) in [7, 11) is 0. The van der Waals surface area contributed by atoms with Crippen molar-refractivity contribution in [2.75, 3.05) is 0 Å². The molecule has 1 heterocycles. The van der Waals surface area contributed by atoms with E-state index >= 15 is 0 Å². The van der Waals surface area contributed by atoms with E-state index in [0.717, 1.165) is 5.56 Å². The van der Waals surface area contributed by atoms with Gasteiger partial charge in [0.1, 0.15) is 0 Å². The smallest absolute Gasteiger partial charge is 0.252 e. The number of nitrogens with one attached hydrogen (secondary N) is 1. The minimum Gasteiger partial charge on any atom is -0.345 e. The molecule has 92 valence electrons. The summed E-state index contributed by atoms with van der Waals surface area (Å²) in [6, 6.07) is 5.16. The average molecular weight is 301 g/mol. The van der Waals surface area contributed by atoms with E-state index in [1.54, 1.807) is 18.2 Å². The zero-order valence-corrected chi connectivity index (χ0v) is 11.4. The molecule has 0 spiro atoms. The predicted molar refractivity (Wildman–Crippen MR) is 73.3 cm³/mol. The molecule has 1 aliphatic carbocycles. The zero-order valence-electron chi connectivity index (χ0n) is 9.08. The average Bonchev–Trinajstić information content (AvgIpc) is 2.32. The molecule has 1 aromatic carbocycles. The molecular formula is C13H8Cl3NO. The highest BCUT2D eigenvalue weighted by Gasteiger charge is 2.34. The summed E-state index contributed by atoms with van der Waals surface area (Å²) in [6.07, 6.45) is 3.63. The number of carbonyl (C=O) groups excluding carboxylic acids is 1. The quantitative estimate of drug-likeness (QED) is 0.776. The lowest BCUT2D eigenvalue weighted by atomic mass is 9.82. The number of amides is 1. The van der Waals surface area contributed by atoms with Gasteiger partial charge in [0.25, 0.3) is 5.91 Å². The van der Waals surface area contributed by atoms with Crippen LogP contribution in [0.25, 0.3) is 0 Å². The highest BCUT2D eigenvalue weighted by molar-refractivity contribution is 6.44. The third-order valence-corrected chi connectivity index (χ3v) is 4.17. The fraction of sp³-hybridized carbons (Fsp3) is 0.154. The van der Waals surface area contributed by atoms with Crippen molar-refractivity contribution in [3.8, 4) is 0 Å². The number of carbonyl (C=O) groups is 1. The monoisotopic (exact) mass is 299 g/mol. The van der Waals surface area contributed by atoms with E-state index in [2.05, 4.69) is 5.32 Å². The number of rotatable bonds is 0. The lowest BCUT2D eigenvalue weighted by molar-refractivity contribution is 0.0930. The molecule has 2 atom stereocenters. The van der Waals surface area contributed by atoms with Crippen LogP contribution in [0.5, 0.6) is 0 Å². The second-order valence-electron chi connectivity index (χ2n) is 4.29. The van der Waals surface area contributed by atoms with Gasteiger partial charge in [-0.2, -0.15) is 0 Å². The summed E-state index contributed by atoms with van der Waals surface area (Å²) >= 11 is 17.9. The van der Waals surface area contributed by atoms with E-state index < -0.39 is 0 Å². The lowest BCUT2D eigenvalue weighted by Gasteiger charge is -2.33. The number of allylic oxidation sites excluding steroid dienone is 2. The molecule has 0 aromatic heterocycles. The molecule has 2 unspecified atom stereocenters. The molecule has 0 saturated carbocycles. The van der Waals surface area contributed by atoms with E-state index in [1.165, 1.54) is 0 Å². The van der Waals surface area contributed by atoms with Crippen LogP contribution in [0.1, 0.15) is 21.8 Å². The van der Waals surface area contributed by atoms with Crippen LogP contribution in [0.3, 0.4) is 0 Å². The number of benzene rings is 1. The van der Waals surface area contributed by atoms with Gasteiger partial charge in [0.2, 0.25) is 0 Å². The maximum Gasteiger partial charge on any atom is 0.252 e. The minimum absolute atomic E-state index is 0.00460. The molecule has 18 heavy (non-hydrogen) atoms. The van der Waals surface area contributed by atoms with Crippen molar-refractivity contribution in [3.05, 3.63) is 56.6 Å². The van der Waals surface area contributed by atoms with Crippen LogP contribution in [0.4, 0.5) is 0 Å². The van der Waals surface area contributed by atoms with Gasteiger partial charge >= 0.3 is 0 Å². The summed E-state index contributed by atoms with van der Waals surface area (Å²) in [6.45, 7) is 0. The van der Waals surface area contributed by atoms with E-state index in [9.17, 15) is 4.79 Å². The third-order valence-electron chi connectivity index (χ3n) is 3.18. The molecule has 0 fully saturated rings. The Morgan fingerprint density at radius 3 is 2.56 bits per heavy atom. The standard InChI is InChI=1S/C13H8Cl3NO/c14-6-1-2-7-8-4-10(15)11(16)5-12(8)17-13(18)9(7)3-6/h1-5,8,12H,(H,17,18). The van der Waals surface area contributed by atoms with Crippen molar-refractivity contribution in [2.24, 2.45) is 0 Å². The first-order valence-electron chi connectivity index (χ1n) is 5.41. The van der Waals surface area contributed by atoms with Crippen molar-refractivity contribution >= 4 is 40.7 Å². The lowest BCUT2D eigenvalue weighted by Crippen LogP contribution is -2.43.